The van der Waals surface area contributed by atoms with Crippen LogP contribution in [-0.2, 0) is 40.1 Å². The fraction of sp³-hybridized carbons (Fsp3) is 0.500. The highest BCUT2D eigenvalue weighted by Crippen LogP contribution is 2.56. The standard InChI is InChI=1S/C24H36N4O12S4/c1-5-41(33,34)25-13-9-15(26-42(35,36)6-2)20(18(30)10-13)22-23(31)21(24(22)32)19-16(27-43(37,38)7-3)11-14(29)12-17(19)28-44(39,40)8-4/h9-12,21-32H,5-8H2,1-4H3. The molecule has 0 aliphatic heterocycles. The molecule has 8 N–H and O–H groups in total. The highest BCUT2D eigenvalue weighted by Gasteiger charge is 2.54. The number of hydrogen-bond donors (Lipinski definition) is 8. The number of sulfonamides is 4. The summed E-state index contributed by atoms with van der Waals surface area (Å²) in [7, 11) is -16.0. The van der Waals surface area contributed by atoms with Crippen LogP contribution in [0.15, 0.2) is 24.3 Å². The number of anilines is 4. The van der Waals surface area contributed by atoms with Gasteiger partial charge in [-0.05, 0) is 33.8 Å². The summed E-state index contributed by atoms with van der Waals surface area (Å²) < 4.78 is 108. The van der Waals surface area contributed by atoms with Crippen LogP contribution in [-0.4, -0.2) is 89.3 Å². The summed E-state index contributed by atoms with van der Waals surface area (Å²) in [6.45, 7) is 5.31. The van der Waals surface area contributed by atoms with Gasteiger partial charge in [-0.1, -0.05) is 0 Å². The Balaban J connectivity index is 2.21. The zero-order valence-electron chi connectivity index (χ0n) is 24.1. The van der Waals surface area contributed by atoms with Crippen molar-refractivity contribution in [1.29, 1.82) is 0 Å². The fourth-order valence-corrected chi connectivity index (χ4v) is 7.22. The van der Waals surface area contributed by atoms with Crippen LogP contribution >= 0.6 is 0 Å². The van der Waals surface area contributed by atoms with Crippen molar-refractivity contribution < 1.29 is 54.1 Å². The smallest absolute Gasteiger partial charge is 0.232 e. The average Bonchev–Trinajstić information content (AvgIpc) is 2.91. The Hall–Kier alpha value is -3.04. The first kappa shape index (κ1) is 35.4. The minimum Gasteiger partial charge on any atom is -0.508 e. The molecule has 0 saturated heterocycles. The third-order valence-corrected chi connectivity index (χ3v) is 12.2. The SMILES string of the molecule is CCS(=O)(=O)Nc1cc(O)c(C2C(O)C(c3c(NS(=O)(=O)CC)cc(O)cc3NS(=O)(=O)CC)C2O)c(NS(=O)(=O)CC)c1. The van der Waals surface area contributed by atoms with Gasteiger partial charge in [0.25, 0.3) is 0 Å². The number of nitrogens with one attached hydrogen (secondary N) is 4. The van der Waals surface area contributed by atoms with Crippen LogP contribution in [0.5, 0.6) is 11.5 Å². The van der Waals surface area contributed by atoms with Crippen LogP contribution in [0.1, 0.15) is 50.7 Å². The highest BCUT2D eigenvalue weighted by molar-refractivity contribution is 7.93. The molecule has 3 rings (SSSR count). The van der Waals surface area contributed by atoms with Gasteiger partial charge >= 0.3 is 0 Å². The molecular formula is C24H36N4O12S4. The van der Waals surface area contributed by atoms with Gasteiger partial charge in [0.15, 0.2) is 0 Å². The van der Waals surface area contributed by atoms with E-state index in [1.54, 1.807) is 0 Å². The van der Waals surface area contributed by atoms with Gasteiger partial charge in [-0.2, -0.15) is 0 Å². The summed E-state index contributed by atoms with van der Waals surface area (Å²) in [6, 6.07) is 3.95. The summed E-state index contributed by atoms with van der Waals surface area (Å²) in [5.74, 6) is -5.71. The first-order valence-electron chi connectivity index (χ1n) is 13.3. The number of aliphatic hydroxyl groups excluding tert-OH is 2. The lowest BCUT2D eigenvalue weighted by Crippen LogP contribution is -2.52. The zero-order valence-corrected chi connectivity index (χ0v) is 27.4. The molecule has 0 bridgehead atoms. The monoisotopic (exact) mass is 700 g/mol. The molecule has 2 unspecified atom stereocenters. The summed E-state index contributed by atoms with van der Waals surface area (Å²) in [5.41, 5.74) is -1.79. The molecule has 2 atom stereocenters. The Kier molecular flexibility index (Phi) is 10.3. The van der Waals surface area contributed by atoms with Crippen LogP contribution in [0.4, 0.5) is 22.7 Å². The Bertz CT molecular complexity index is 1780. The van der Waals surface area contributed by atoms with Gasteiger partial charge in [0.2, 0.25) is 40.1 Å². The number of benzene rings is 2. The maximum Gasteiger partial charge on any atom is 0.232 e. The first-order valence-corrected chi connectivity index (χ1v) is 19.9. The van der Waals surface area contributed by atoms with E-state index in [-0.39, 0.29) is 39.6 Å². The van der Waals surface area contributed by atoms with E-state index in [4.69, 9.17) is 0 Å². The van der Waals surface area contributed by atoms with Crippen molar-refractivity contribution in [3.8, 4) is 11.5 Å². The summed E-state index contributed by atoms with van der Waals surface area (Å²) in [4.78, 5) is 0. The van der Waals surface area contributed by atoms with Crippen LogP contribution in [0.2, 0.25) is 0 Å². The first-order chi connectivity index (χ1) is 20.2. The van der Waals surface area contributed by atoms with Gasteiger partial charge in [-0.15, -0.1) is 0 Å². The average molecular weight is 701 g/mol. The van der Waals surface area contributed by atoms with Crippen molar-refractivity contribution in [2.45, 2.75) is 51.7 Å². The third kappa shape index (κ3) is 7.78. The van der Waals surface area contributed by atoms with Gasteiger partial charge < -0.3 is 20.4 Å². The van der Waals surface area contributed by atoms with E-state index in [9.17, 15) is 54.1 Å². The minimum atomic E-state index is -4.04. The zero-order chi connectivity index (χ0) is 33.4. The van der Waals surface area contributed by atoms with Crippen LogP contribution in [0.3, 0.4) is 0 Å². The molecule has 0 spiro atoms. The molecule has 0 aromatic heterocycles. The van der Waals surface area contributed by atoms with Crippen molar-refractivity contribution >= 4 is 62.8 Å². The summed E-state index contributed by atoms with van der Waals surface area (Å²) >= 11 is 0. The van der Waals surface area contributed by atoms with Gasteiger partial charge in [-0.3, -0.25) is 18.9 Å². The Morgan fingerprint density at radius 1 is 0.545 bits per heavy atom. The third-order valence-electron chi connectivity index (χ3n) is 7.05. The topological polar surface area (TPSA) is 266 Å². The Labute approximate surface area is 256 Å². The van der Waals surface area contributed by atoms with E-state index >= 15 is 0 Å². The van der Waals surface area contributed by atoms with E-state index in [0.717, 1.165) is 24.3 Å². The minimum absolute atomic E-state index is 0.215. The molecule has 0 radical (unpaired) electrons. The number of rotatable bonds is 14. The van der Waals surface area contributed by atoms with Crippen LogP contribution < -0.4 is 18.9 Å². The lowest BCUT2D eigenvalue weighted by atomic mass is 9.62. The molecule has 1 aliphatic carbocycles. The molecule has 2 aromatic carbocycles. The normalized spacial score (nSPS) is 20.9. The van der Waals surface area contributed by atoms with Crippen molar-refractivity contribution in [1.82, 2.24) is 0 Å². The van der Waals surface area contributed by atoms with Crippen molar-refractivity contribution in [3.05, 3.63) is 35.4 Å². The number of phenols is 2. The molecule has 0 amide bonds. The molecule has 248 valence electrons. The molecule has 1 fully saturated rings. The van der Waals surface area contributed by atoms with Gasteiger partial charge in [-0.25, -0.2) is 33.7 Å². The van der Waals surface area contributed by atoms with Gasteiger partial charge in [0.05, 0.1) is 58.0 Å². The molecule has 44 heavy (non-hydrogen) atoms. The Morgan fingerprint density at radius 2 is 0.886 bits per heavy atom. The van der Waals surface area contributed by atoms with Crippen molar-refractivity contribution in [2.24, 2.45) is 0 Å². The van der Waals surface area contributed by atoms with Crippen molar-refractivity contribution in [2.75, 3.05) is 41.9 Å². The van der Waals surface area contributed by atoms with E-state index in [1.165, 1.54) is 27.7 Å². The summed E-state index contributed by atoms with van der Waals surface area (Å²) in [5, 5.41) is 44.0. The van der Waals surface area contributed by atoms with Crippen LogP contribution in [0, 0.1) is 0 Å². The maximum absolute atomic E-state index is 12.5. The quantitative estimate of drug-likeness (QED) is 0.136. The molecular weight excluding hydrogens is 665 g/mol. The molecule has 1 saturated carbocycles. The van der Waals surface area contributed by atoms with Crippen molar-refractivity contribution in [3.63, 3.8) is 0 Å². The predicted molar refractivity (Wildman–Crippen MR) is 166 cm³/mol. The number of hydrogen-bond acceptors (Lipinski definition) is 12. The Morgan fingerprint density at radius 3 is 1.27 bits per heavy atom. The fourth-order valence-electron chi connectivity index (χ4n) is 4.66. The maximum atomic E-state index is 12.5. The van der Waals surface area contributed by atoms with Gasteiger partial charge in [0.1, 0.15) is 11.5 Å². The highest BCUT2D eigenvalue weighted by atomic mass is 32.2. The number of aliphatic hydroxyl groups is 2. The van der Waals surface area contributed by atoms with E-state index in [0.29, 0.717) is 0 Å². The van der Waals surface area contributed by atoms with Crippen LogP contribution in [0.25, 0.3) is 0 Å². The second-order valence-electron chi connectivity index (χ2n) is 9.97. The molecule has 1 aliphatic rings. The number of aromatic hydroxyl groups is 2. The molecule has 0 heterocycles. The second kappa shape index (κ2) is 12.8. The largest absolute Gasteiger partial charge is 0.508 e. The lowest BCUT2D eigenvalue weighted by molar-refractivity contribution is -0.0784. The molecule has 20 heteroatoms. The molecule has 16 nitrogen and oxygen atoms in total. The number of phenolic OH excluding ortho intramolecular Hbond substituents is 2. The summed E-state index contributed by atoms with van der Waals surface area (Å²) in [6.07, 6.45) is -3.39. The van der Waals surface area contributed by atoms with E-state index < -0.39 is 92.9 Å². The predicted octanol–water partition coefficient (Wildman–Crippen LogP) is 0.747. The second-order valence-corrected chi connectivity index (χ2v) is 18.0. The lowest BCUT2D eigenvalue weighted by Gasteiger charge is -2.48. The molecule has 2 aromatic rings. The van der Waals surface area contributed by atoms with E-state index in [2.05, 4.69) is 18.9 Å². The van der Waals surface area contributed by atoms with E-state index in [1.807, 2.05) is 0 Å². The van der Waals surface area contributed by atoms with Gasteiger partial charge in [0, 0.05) is 41.2 Å².